The van der Waals surface area contributed by atoms with Crippen molar-refractivity contribution < 1.29 is 13.2 Å². The number of halogens is 1. The lowest BCUT2D eigenvalue weighted by Gasteiger charge is -2.27. The maximum absolute atomic E-state index is 13.6. The zero-order valence-electron chi connectivity index (χ0n) is 15.1. The van der Waals surface area contributed by atoms with E-state index in [2.05, 4.69) is 10.6 Å². The van der Waals surface area contributed by atoms with Crippen LogP contribution < -0.4 is 10.6 Å². The molecule has 2 aliphatic rings. The molecule has 2 atom stereocenters. The van der Waals surface area contributed by atoms with Crippen molar-refractivity contribution >= 4 is 44.8 Å². The number of carbonyl (C=O) groups excluding carboxylic acids is 1. The summed E-state index contributed by atoms with van der Waals surface area (Å²) in [6, 6.07) is 10.7. The highest BCUT2D eigenvalue weighted by Crippen LogP contribution is 2.37. The van der Waals surface area contributed by atoms with Crippen LogP contribution in [0.5, 0.6) is 0 Å². The zero-order chi connectivity index (χ0) is 18.3. The molecule has 2 heterocycles. The summed E-state index contributed by atoms with van der Waals surface area (Å²) in [5.41, 5.74) is 0.632. The van der Waals surface area contributed by atoms with Crippen molar-refractivity contribution in [3.63, 3.8) is 0 Å². The number of hydrogen-bond donors (Lipinski definition) is 2. The van der Waals surface area contributed by atoms with Gasteiger partial charge in [-0.3, -0.25) is 4.79 Å². The molecule has 0 aromatic heterocycles. The van der Waals surface area contributed by atoms with Crippen molar-refractivity contribution in [1.82, 2.24) is 9.62 Å². The minimum Gasteiger partial charge on any atom is -0.326 e. The maximum atomic E-state index is 13.6. The number of sulfonamides is 1. The normalized spacial score (nSPS) is 22.9. The Bertz CT molecular complexity index is 950. The first-order valence-corrected chi connectivity index (χ1v) is 10.5. The van der Waals surface area contributed by atoms with Gasteiger partial charge in [0.1, 0.15) is 0 Å². The third kappa shape index (κ3) is 3.57. The highest BCUT2D eigenvalue weighted by atomic mass is 35.5. The van der Waals surface area contributed by atoms with E-state index in [0.29, 0.717) is 22.5 Å². The lowest BCUT2D eigenvalue weighted by molar-refractivity contribution is -0.114. The van der Waals surface area contributed by atoms with Crippen LogP contribution in [0.25, 0.3) is 10.8 Å². The molecule has 2 unspecified atom stereocenters. The van der Waals surface area contributed by atoms with Gasteiger partial charge in [-0.1, -0.05) is 24.3 Å². The van der Waals surface area contributed by atoms with Crippen molar-refractivity contribution in [3.8, 4) is 0 Å². The Kier molecular flexibility index (Phi) is 5.76. The summed E-state index contributed by atoms with van der Waals surface area (Å²) < 4.78 is 28.8. The number of amides is 1. The number of benzene rings is 2. The predicted octanol–water partition coefficient (Wildman–Crippen LogP) is 2.74. The minimum absolute atomic E-state index is 0. The van der Waals surface area contributed by atoms with Crippen LogP contribution in [0, 0.1) is 0 Å². The molecule has 1 amide bonds. The fourth-order valence-electron chi connectivity index (χ4n) is 4.24. The molecule has 2 aromatic rings. The van der Waals surface area contributed by atoms with Gasteiger partial charge in [0.15, 0.2) is 0 Å². The molecular weight excluding hydrogens is 386 g/mol. The Morgan fingerprint density at radius 1 is 1.07 bits per heavy atom. The molecule has 2 bridgehead atoms. The molecule has 146 valence electrons. The van der Waals surface area contributed by atoms with Gasteiger partial charge in [-0.05, 0) is 37.9 Å². The summed E-state index contributed by atoms with van der Waals surface area (Å²) in [7, 11) is -3.61. The van der Waals surface area contributed by atoms with E-state index >= 15 is 0 Å². The van der Waals surface area contributed by atoms with Gasteiger partial charge in [-0.15, -0.1) is 12.4 Å². The number of rotatable bonds is 3. The Morgan fingerprint density at radius 2 is 1.78 bits per heavy atom. The molecule has 27 heavy (non-hydrogen) atoms. The molecule has 8 heteroatoms. The van der Waals surface area contributed by atoms with Crippen molar-refractivity contribution in [2.24, 2.45) is 0 Å². The summed E-state index contributed by atoms with van der Waals surface area (Å²) in [5, 5.41) is 7.52. The SMILES string of the molecule is CC(=O)Nc1ccc(S(=O)(=O)N2C3CCNCC2CC3)c2ccccc12.Cl. The van der Waals surface area contributed by atoms with Crippen LogP contribution >= 0.6 is 12.4 Å². The highest BCUT2D eigenvalue weighted by Gasteiger charge is 2.43. The smallest absolute Gasteiger partial charge is 0.244 e. The van der Waals surface area contributed by atoms with E-state index in [1.54, 1.807) is 16.4 Å². The second-order valence-electron chi connectivity index (χ2n) is 7.05. The average Bonchev–Trinajstić information content (AvgIpc) is 2.88. The Labute approximate surface area is 165 Å². The van der Waals surface area contributed by atoms with Gasteiger partial charge in [0.05, 0.1) is 4.90 Å². The van der Waals surface area contributed by atoms with E-state index in [-0.39, 0.29) is 30.4 Å². The average molecular weight is 410 g/mol. The second kappa shape index (κ2) is 7.75. The molecule has 4 rings (SSSR count). The maximum Gasteiger partial charge on any atom is 0.244 e. The summed E-state index contributed by atoms with van der Waals surface area (Å²) in [4.78, 5) is 11.8. The molecule has 0 saturated carbocycles. The van der Waals surface area contributed by atoms with Crippen molar-refractivity contribution in [2.45, 2.75) is 43.2 Å². The van der Waals surface area contributed by atoms with E-state index in [1.165, 1.54) is 6.92 Å². The standard InChI is InChI=1S/C19H23N3O3S.ClH/c1-13(23)21-18-8-9-19(17-5-3-2-4-16(17)18)26(24,25)22-14-6-7-15(22)12-20-11-10-14;/h2-5,8-9,14-15,20H,6-7,10-12H2,1H3,(H,21,23);1H. The first-order valence-electron chi connectivity index (χ1n) is 9.02. The van der Waals surface area contributed by atoms with Crippen LogP contribution in [-0.4, -0.2) is 43.8 Å². The molecule has 2 aromatic carbocycles. The molecule has 2 aliphatic heterocycles. The van der Waals surface area contributed by atoms with Gasteiger partial charge in [-0.2, -0.15) is 4.31 Å². The minimum atomic E-state index is -3.61. The van der Waals surface area contributed by atoms with Crippen LogP contribution in [0.15, 0.2) is 41.3 Å². The van der Waals surface area contributed by atoms with Crippen LogP contribution in [0.2, 0.25) is 0 Å². The topological polar surface area (TPSA) is 78.5 Å². The lowest BCUT2D eigenvalue weighted by Crippen LogP contribution is -2.42. The molecule has 0 aliphatic carbocycles. The van der Waals surface area contributed by atoms with E-state index < -0.39 is 10.0 Å². The zero-order valence-corrected chi connectivity index (χ0v) is 16.8. The van der Waals surface area contributed by atoms with E-state index in [4.69, 9.17) is 0 Å². The van der Waals surface area contributed by atoms with Crippen LogP contribution in [0.4, 0.5) is 5.69 Å². The fourth-order valence-corrected chi connectivity index (χ4v) is 6.34. The summed E-state index contributed by atoms with van der Waals surface area (Å²) in [6.07, 6.45) is 2.67. The Morgan fingerprint density at radius 3 is 2.52 bits per heavy atom. The van der Waals surface area contributed by atoms with Crippen LogP contribution in [-0.2, 0) is 14.8 Å². The summed E-state index contributed by atoms with van der Waals surface area (Å²) >= 11 is 0. The van der Waals surface area contributed by atoms with Gasteiger partial charge in [0.25, 0.3) is 0 Å². The summed E-state index contributed by atoms with van der Waals surface area (Å²) in [5.74, 6) is -0.178. The highest BCUT2D eigenvalue weighted by molar-refractivity contribution is 7.89. The number of fused-ring (bicyclic) bond motifs is 3. The van der Waals surface area contributed by atoms with Crippen molar-refractivity contribution in [2.75, 3.05) is 18.4 Å². The van der Waals surface area contributed by atoms with Gasteiger partial charge >= 0.3 is 0 Å². The Hall–Kier alpha value is -1.67. The lowest BCUT2D eigenvalue weighted by atomic mass is 10.1. The molecule has 2 saturated heterocycles. The fraction of sp³-hybridized carbons (Fsp3) is 0.421. The molecule has 2 fully saturated rings. The van der Waals surface area contributed by atoms with E-state index in [1.807, 2.05) is 24.3 Å². The van der Waals surface area contributed by atoms with E-state index in [0.717, 1.165) is 31.2 Å². The molecule has 6 nitrogen and oxygen atoms in total. The molecule has 0 spiro atoms. The van der Waals surface area contributed by atoms with Gasteiger partial charge in [-0.25, -0.2) is 8.42 Å². The van der Waals surface area contributed by atoms with Gasteiger partial charge in [0.2, 0.25) is 15.9 Å². The number of carbonyl (C=O) groups is 1. The Balaban J connectivity index is 0.00000210. The second-order valence-corrected chi connectivity index (χ2v) is 8.86. The molecule has 0 radical (unpaired) electrons. The monoisotopic (exact) mass is 409 g/mol. The number of nitrogens with one attached hydrogen (secondary N) is 2. The number of nitrogens with zero attached hydrogens (tertiary/aromatic N) is 1. The number of hydrogen-bond acceptors (Lipinski definition) is 4. The molecule has 2 N–H and O–H groups in total. The molecular formula is C19H24ClN3O3S. The third-order valence-corrected chi connectivity index (χ3v) is 7.40. The van der Waals surface area contributed by atoms with Gasteiger partial charge in [0, 0.05) is 42.0 Å². The largest absolute Gasteiger partial charge is 0.326 e. The van der Waals surface area contributed by atoms with E-state index in [9.17, 15) is 13.2 Å². The first-order chi connectivity index (χ1) is 12.5. The van der Waals surface area contributed by atoms with Crippen molar-refractivity contribution in [3.05, 3.63) is 36.4 Å². The number of anilines is 1. The van der Waals surface area contributed by atoms with Gasteiger partial charge < -0.3 is 10.6 Å². The van der Waals surface area contributed by atoms with Crippen LogP contribution in [0.3, 0.4) is 0 Å². The predicted molar refractivity (Wildman–Crippen MR) is 109 cm³/mol. The third-order valence-electron chi connectivity index (χ3n) is 5.34. The van der Waals surface area contributed by atoms with Crippen LogP contribution in [0.1, 0.15) is 26.2 Å². The summed E-state index contributed by atoms with van der Waals surface area (Å²) in [6.45, 7) is 3.01. The van der Waals surface area contributed by atoms with Crippen molar-refractivity contribution in [1.29, 1.82) is 0 Å². The quantitative estimate of drug-likeness (QED) is 0.817. The first kappa shape index (κ1) is 20.1.